The van der Waals surface area contributed by atoms with Crippen LogP contribution in [0.5, 0.6) is 0 Å². The summed E-state index contributed by atoms with van der Waals surface area (Å²) >= 11 is 0. The summed E-state index contributed by atoms with van der Waals surface area (Å²) in [7, 11) is -1.00. The molecule has 1 aliphatic rings. The Bertz CT molecular complexity index is 240. The normalized spacial score (nSPS) is 22.6. The second kappa shape index (κ2) is 5.79. The van der Waals surface area contributed by atoms with Gasteiger partial charge in [0.25, 0.3) is 0 Å². The summed E-state index contributed by atoms with van der Waals surface area (Å²) in [4.78, 5) is 12.8. The molecule has 0 spiro atoms. The Balaban J connectivity index is 2.09. The monoisotopic (exact) mass is 245 g/mol. The van der Waals surface area contributed by atoms with Crippen molar-refractivity contribution in [1.29, 1.82) is 0 Å². The van der Waals surface area contributed by atoms with E-state index in [-0.39, 0.29) is 5.92 Å². The number of hydrogen-bond donors (Lipinski definition) is 1. The van der Waals surface area contributed by atoms with Crippen LogP contribution in [0.4, 0.5) is 0 Å². The predicted molar refractivity (Wildman–Crippen MR) is 66.3 cm³/mol. The van der Waals surface area contributed by atoms with Gasteiger partial charge in [0.1, 0.15) is 0 Å². The van der Waals surface area contributed by atoms with E-state index in [0.29, 0.717) is 13.3 Å². The van der Waals surface area contributed by atoms with E-state index in [1.807, 2.05) is 0 Å². The van der Waals surface area contributed by atoms with Gasteiger partial charge in [0, 0.05) is 27.8 Å². The highest BCUT2D eigenvalue weighted by molar-refractivity contribution is 6.76. The predicted octanol–water partition coefficient (Wildman–Crippen LogP) is 1.71. The zero-order chi connectivity index (χ0) is 12.2. The minimum absolute atomic E-state index is 0.194. The van der Waals surface area contributed by atoms with Gasteiger partial charge in [-0.25, -0.2) is 0 Å². The smallest absolute Gasteiger partial charge is 0.307 e. The molecule has 16 heavy (non-hydrogen) atoms. The van der Waals surface area contributed by atoms with Crippen LogP contribution < -0.4 is 0 Å². The van der Waals surface area contributed by atoms with Crippen molar-refractivity contribution < 1.29 is 14.6 Å². The van der Waals surface area contributed by atoms with Crippen LogP contribution >= 0.6 is 0 Å². The summed E-state index contributed by atoms with van der Waals surface area (Å²) in [5.74, 6) is -0.870. The highest BCUT2D eigenvalue weighted by Gasteiger charge is 2.27. The first-order valence-corrected chi connectivity index (χ1v) is 9.62. The van der Waals surface area contributed by atoms with Crippen molar-refractivity contribution in [3.8, 4) is 0 Å². The zero-order valence-corrected chi connectivity index (χ0v) is 11.5. The van der Waals surface area contributed by atoms with Gasteiger partial charge in [-0.2, -0.15) is 0 Å². The van der Waals surface area contributed by atoms with Gasteiger partial charge < -0.3 is 9.84 Å². The van der Waals surface area contributed by atoms with Gasteiger partial charge in [0.15, 0.2) is 0 Å². The third-order valence-electron chi connectivity index (χ3n) is 2.89. The lowest BCUT2D eigenvalue weighted by atomic mass is 10.1. The average molecular weight is 245 g/mol. The number of aliphatic carboxylic acids is 1. The van der Waals surface area contributed by atoms with Crippen molar-refractivity contribution in [2.45, 2.75) is 32.1 Å². The van der Waals surface area contributed by atoms with E-state index in [4.69, 9.17) is 9.84 Å². The number of carbonyl (C=O) groups is 1. The van der Waals surface area contributed by atoms with E-state index in [2.05, 4.69) is 24.5 Å². The van der Waals surface area contributed by atoms with Gasteiger partial charge in [-0.15, -0.1) is 0 Å². The van der Waals surface area contributed by atoms with Crippen LogP contribution in [-0.4, -0.2) is 50.5 Å². The highest BCUT2D eigenvalue weighted by Crippen LogP contribution is 2.16. The van der Waals surface area contributed by atoms with Crippen molar-refractivity contribution in [3.05, 3.63) is 0 Å². The molecule has 4 nitrogen and oxygen atoms in total. The Kier molecular flexibility index (Phi) is 4.95. The number of ether oxygens (including phenoxy) is 1. The number of carboxylic acid groups (broad SMARTS) is 1. The number of likely N-dealkylation sites (tertiary alicyclic amines) is 1. The molecule has 94 valence electrons. The minimum Gasteiger partial charge on any atom is -0.481 e. The van der Waals surface area contributed by atoms with Crippen molar-refractivity contribution >= 4 is 14.0 Å². The lowest BCUT2D eigenvalue weighted by Gasteiger charge is -2.18. The highest BCUT2D eigenvalue weighted by atomic mass is 28.3. The Hall–Kier alpha value is -0.393. The number of carboxylic acids is 1. The average Bonchev–Trinajstić information content (AvgIpc) is 2.59. The first-order chi connectivity index (χ1) is 7.38. The maximum Gasteiger partial charge on any atom is 0.307 e. The molecule has 1 heterocycles. The molecule has 0 aromatic carbocycles. The Labute approximate surface area is 98.6 Å². The summed E-state index contributed by atoms with van der Waals surface area (Å²) in [5.41, 5.74) is 0. The summed E-state index contributed by atoms with van der Waals surface area (Å²) in [6, 6.07) is 1.17. The van der Waals surface area contributed by atoms with Crippen molar-refractivity contribution in [3.63, 3.8) is 0 Å². The van der Waals surface area contributed by atoms with Gasteiger partial charge in [0.2, 0.25) is 0 Å². The van der Waals surface area contributed by atoms with Crippen LogP contribution in [0.1, 0.15) is 6.42 Å². The second-order valence-electron chi connectivity index (χ2n) is 5.75. The molecule has 0 amide bonds. The quantitative estimate of drug-likeness (QED) is 0.571. The molecule has 1 fully saturated rings. The topological polar surface area (TPSA) is 49.8 Å². The Morgan fingerprint density at radius 1 is 1.50 bits per heavy atom. The molecule has 0 aromatic rings. The zero-order valence-electron chi connectivity index (χ0n) is 10.5. The molecule has 1 unspecified atom stereocenters. The van der Waals surface area contributed by atoms with Crippen LogP contribution in [-0.2, 0) is 9.53 Å². The van der Waals surface area contributed by atoms with Crippen LogP contribution in [0.25, 0.3) is 0 Å². The Morgan fingerprint density at radius 3 is 2.69 bits per heavy atom. The molecule has 1 aliphatic heterocycles. The molecular weight excluding hydrogens is 222 g/mol. The summed E-state index contributed by atoms with van der Waals surface area (Å²) in [5, 5.41) is 8.85. The fourth-order valence-corrected chi connectivity index (χ4v) is 2.48. The Morgan fingerprint density at radius 2 is 2.19 bits per heavy atom. The maximum atomic E-state index is 10.7. The van der Waals surface area contributed by atoms with E-state index in [1.54, 1.807) is 0 Å². The molecule has 0 saturated carbocycles. The third kappa shape index (κ3) is 5.09. The number of rotatable bonds is 6. The van der Waals surface area contributed by atoms with Crippen LogP contribution in [0.3, 0.4) is 0 Å². The summed E-state index contributed by atoms with van der Waals surface area (Å²) in [6.45, 7) is 9.87. The summed E-state index contributed by atoms with van der Waals surface area (Å²) in [6.07, 6.45) is 0.757. The first kappa shape index (κ1) is 13.7. The molecule has 1 atom stereocenters. The molecular formula is C11H23NO3Si. The van der Waals surface area contributed by atoms with E-state index in [0.717, 1.165) is 19.6 Å². The fourth-order valence-electron chi connectivity index (χ4n) is 1.72. The van der Waals surface area contributed by atoms with Gasteiger partial charge in [-0.05, 0) is 12.5 Å². The van der Waals surface area contributed by atoms with Crippen molar-refractivity contribution in [2.75, 3.05) is 26.4 Å². The fraction of sp³-hybridized carbons (Fsp3) is 0.909. The number of nitrogens with zero attached hydrogens (tertiary/aromatic N) is 1. The standard InChI is InChI=1S/C11H23NO3Si/c1-16(2,3)7-6-15-9-12-5-4-10(8-12)11(13)14/h10H,4-9H2,1-3H3,(H,13,14). The van der Waals surface area contributed by atoms with Gasteiger partial charge >= 0.3 is 5.97 Å². The van der Waals surface area contributed by atoms with Gasteiger partial charge in [0.05, 0.1) is 12.6 Å². The van der Waals surface area contributed by atoms with E-state index < -0.39 is 14.0 Å². The second-order valence-corrected chi connectivity index (χ2v) is 11.4. The molecule has 0 radical (unpaired) electrons. The lowest BCUT2D eigenvalue weighted by Crippen LogP contribution is -2.28. The lowest BCUT2D eigenvalue weighted by molar-refractivity contribution is -0.141. The van der Waals surface area contributed by atoms with Crippen LogP contribution in [0.2, 0.25) is 25.7 Å². The van der Waals surface area contributed by atoms with E-state index >= 15 is 0 Å². The number of hydrogen-bond acceptors (Lipinski definition) is 3. The summed E-state index contributed by atoms with van der Waals surface area (Å²) < 4.78 is 5.59. The minimum atomic E-state index is -1.00. The SMILES string of the molecule is C[Si](C)(C)CCOCN1CCC(C(=O)O)C1. The van der Waals surface area contributed by atoms with Crippen LogP contribution in [0, 0.1) is 5.92 Å². The van der Waals surface area contributed by atoms with Crippen LogP contribution in [0.15, 0.2) is 0 Å². The first-order valence-electron chi connectivity index (χ1n) is 5.91. The molecule has 0 aliphatic carbocycles. The molecule has 1 N–H and O–H groups in total. The van der Waals surface area contributed by atoms with Crippen molar-refractivity contribution in [2.24, 2.45) is 5.92 Å². The third-order valence-corrected chi connectivity index (χ3v) is 4.60. The molecule has 0 aromatic heterocycles. The van der Waals surface area contributed by atoms with Gasteiger partial charge in [-0.3, -0.25) is 9.69 Å². The molecule has 1 rings (SSSR count). The van der Waals surface area contributed by atoms with E-state index in [1.165, 1.54) is 6.04 Å². The molecule has 5 heteroatoms. The maximum absolute atomic E-state index is 10.7. The largest absolute Gasteiger partial charge is 0.481 e. The molecule has 0 bridgehead atoms. The van der Waals surface area contributed by atoms with E-state index in [9.17, 15) is 4.79 Å². The van der Waals surface area contributed by atoms with Gasteiger partial charge in [-0.1, -0.05) is 19.6 Å². The van der Waals surface area contributed by atoms with Crippen molar-refractivity contribution in [1.82, 2.24) is 4.90 Å². The molecule has 1 saturated heterocycles.